The van der Waals surface area contributed by atoms with Gasteiger partial charge in [-0.1, -0.05) is 0 Å². The summed E-state index contributed by atoms with van der Waals surface area (Å²) in [5, 5.41) is 27.5. The van der Waals surface area contributed by atoms with Crippen LogP contribution in [0.5, 0.6) is 0 Å². The molecule has 0 saturated heterocycles. The van der Waals surface area contributed by atoms with Gasteiger partial charge in [-0.2, -0.15) is 5.26 Å². The molecule has 4 N–H and O–H groups in total. The number of aliphatic hydroxyl groups excluding tert-OH is 2. The molecule has 0 aliphatic rings. The van der Waals surface area contributed by atoms with Crippen molar-refractivity contribution in [2.45, 2.75) is 19.1 Å². The number of carbonyl (C=O) groups excluding carboxylic acids is 1. The molecule has 0 radical (unpaired) electrons. The topological polar surface area (TPSA) is 120 Å². The number of rotatable bonds is 3. The van der Waals surface area contributed by atoms with E-state index in [1.807, 2.05) is 6.07 Å². The van der Waals surface area contributed by atoms with E-state index in [1.165, 1.54) is 12.3 Å². The van der Waals surface area contributed by atoms with Crippen molar-refractivity contribution in [3.63, 3.8) is 0 Å². The number of aliphatic hydroxyl groups is 2. The Morgan fingerprint density at radius 3 is 2.69 bits per heavy atom. The van der Waals surface area contributed by atoms with Crippen molar-refractivity contribution >= 4 is 5.91 Å². The summed E-state index contributed by atoms with van der Waals surface area (Å²) in [4.78, 5) is 14.4. The third-order valence-electron chi connectivity index (χ3n) is 2.14. The number of nitriles is 1. The number of nitrogens with zero attached hydrogens (tertiary/aromatic N) is 2. The van der Waals surface area contributed by atoms with Crippen LogP contribution >= 0.6 is 0 Å². The maximum absolute atomic E-state index is 10.7. The Morgan fingerprint density at radius 2 is 2.25 bits per heavy atom. The van der Waals surface area contributed by atoms with Gasteiger partial charge in [0, 0.05) is 11.8 Å². The molecular formula is C10H11N3O3. The van der Waals surface area contributed by atoms with Gasteiger partial charge < -0.3 is 15.9 Å². The summed E-state index contributed by atoms with van der Waals surface area (Å²) in [7, 11) is 0. The molecule has 2 atom stereocenters. The minimum Gasteiger partial charge on any atom is -0.385 e. The molecule has 1 rings (SSSR count). The second-order valence-corrected chi connectivity index (χ2v) is 3.34. The van der Waals surface area contributed by atoms with Crippen molar-refractivity contribution in [1.29, 1.82) is 5.26 Å². The summed E-state index contributed by atoms with van der Waals surface area (Å²) in [5.41, 5.74) is 5.86. The first-order chi connectivity index (χ1) is 7.47. The summed E-state index contributed by atoms with van der Waals surface area (Å²) in [6.07, 6.45) is -1.90. The van der Waals surface area contributed by atoms with Crippen LogP contribution in [0.3, 0.4) is 0 Å². The van der Waals surface area contributed by atoms with Crippen LogP contribution in [0.2, 0.25) is 0 Å². The van der Waals surface area contributed by atoms with Crippen LogP contribution in [0.1, 0.15) is 22.9 Å². The van der Waals surface area contributed by atoms with Gasteiger partial charge in [0.1, 0.15) is 17.9 Å². The van der Waals surface area contributed by atoms with Crippen LogP contribution in [-0.2, 0) is 4.79 Å². The molecule has 0 spiro atoms. The van der Waals surface area contributed by atoms with Gasteiger partial charge in [-0.05, 0) is 18.6 Å². The molecule has 1 amide bonds. The van der Waals surface area contributed by atoms with Crippen molar-refractivity contribution < 1.29 is 15.0 Å². The average molecular weight is 221 g/mol. The minimum atomic E-state index is -1.69. The van der Waals surface area contributed by atoms with Crippen molar-refractivity contribution in [2.75, 3.05) is 0 Å². The summed E-state index contributed by atoms with van der Waals surface area (Å²) in [5.74, 6) is -1.02. The predicted octanol–water partition coefficient (Wildman–Crippen LogP) is -0.859. The van der Waals surface area contributed by atoms with Crippen LogP contribution in [-0.4, -0.2) is 27.2 Å². The largest absolute Gasteiger partial charge is 0.385 e. The number of hydrogen-bond donors (Lipinski definition) is 3. The van der Waals surface area contributed by atoms with Gasteiger partial charge in [-0.15, -0.1) is 0 Å². The zero-order chi connectivity index (χ0) is 12.3. The highest BCUT2D eigenvalue weighted by Crippen LogP contribution is 2.18. The van der Waals surface area contributed by atoms with E-state index in [9.17, 15) is 15.0 Å². The molecule has 6 nitrogen and oxygen atoms in total. The molecular weight excluding hydrogens is 210 g/mol. The molecule has 0 bridgehead atoms. The predicted molar refractivity (Wildman–Crippen MR) is 53.9 cm³/mol. The molecule has 0 aliphatic carbocycles. The van der Waals surface area contributed by atoms with E-state index in [-0.39, 0.29) is 11.3 Å². The number of hydrogen-bond acceptors (Lipinski definition) is 5. The summed E-state index contributed by atoms with van der Waals surface area (Å²) < 4.78 is 0. The molecule has 1 aromatic heterocycles. The number of amides is 1. The third-order valence-corrected chi connectivity index (χ3v) is 2.14. The van der Waals surface area contributed by atoms with Gasteiger partial charge in [-0.3, -0.25) is 4.79 Å². The van der Waals surface area contributed by atoms with E-state index in [2.05, 4.69) is 4.98 Å². The molecule has 0 aliphatic heterocycles. The number of aryl methyl sites for hydroxylation is 1. The van der Waals surface area contributed by atoms with E-state index < -0.39 is 18.1 Å². The monoisotopic (exact) mass is 221 g/mol. The van der Waals surface area contributed by atoms with Crippen LogP contribution in [0.15, 0.2) is 12.3 Å². The Kier molecular flexibility index (Phi) is 3.55. The number of carbonyl (C=O) groups is 1. The lowest BCUT2D eigenvalue weighted by molar-refractivity contribution is -0.131. The second kappa shape index (κ2) is 4.70. The Balaban J connectivity index is 3.02. The van der Waals surface area contributed by atoms with E-state index in [0.29, 0.717) is 5.56 Å². The van der Waals surface area contributed by atoms with E-state index in [0.717, 1.165) is 0 Å². The van der Waals surface area contributed by atoms with Crippen molar-refractivity contribution in [1.82, 2.24) is 4.98 Å². The lowest BCUT2D eigenvalue weighted by Crippen LogP contribution is -2.33. The highest BCUT2D eigenvalue weighted by Gasteiger charge is 2.24. The zero-order valence-corrected chi connectivity index (χ0v) is 8.58. The van der Waals surface area contributed by atoms with Crippen LogP contribution in [0, 0.1) is 18.3 Å². The first-order valence-electron chi connectivity index (χ1n) is 4.49. The fourth-order valence-electron chi connectivity index (χ4n) is 1.21. The first-order valence-corrected chi connectivity index (χ1v) is 4.49. The summed E-state index contributed by atoms with van der Waals surface area (Å²) in [6.45, 7) is 1.64. The molecule has 6 heteroatoms. The van der Waals surface area contributed by atoms with Crippen molar-refractivity contribution in [3.05, 3.63) is 29.1 Å². The molecule has 1 aromatic rings. The number of nitrogens with two attached hydrogens (primary N) is 1. The maximum Gasteiger partial charge on any atom is 0.249 e. The minimum absolute atomic E-state index is 0.226. The lowest BCUT2D eigenvalue weighted by atomic mass is 10.0. The molecule has 0 aromatic carbocycles. The Hall–Kier alpha value is -1.97. The Labute approximate surface area is 92.0 Å². The fraction of sp³-hybridized carbons (Fsp3) is 0.300. The van der Waals surface area contributed by atoms with Crippen LogP contribution in [0.4, 0.5) is 0 Å². The smallest absolute Gasteiger partial charge is 0.249 e. The standard InChI is InChI=1S/C10H11N3O3/c1-5-2-6(4-13-7(5)3-11)8(14)9(15)10(12)16/h2,4,8-9,14-15H,1H3,(H2,12,16). The van der Waals surface area contributed by atoms with Gasteiger partial charge in [0.15, 0.2) is 6.10 Å². The zero-order valence-electron chi connectivity index (χ0n) is 8.58. The molecule has 0 saturated carbocycles. The van der Waals surface area contributed by atoms with E-state index in [1.54, 1.807) is 6.92 Å². The average Bonchev–Trinajstić information content (AvgIpc) is 2.26. The van der Waals surface area contributed by atoms with E-state index >= 15 is 0 Å². The first kappa shape index (κ1) is 12.1. The molecule has 84 valence electrons. The van der Waals surface area contributed by atoms with Gasteiger partial charge >= 0.3 is 0 Å². The third kappa shape index (κ3) is 2.34. The van der Waals surface area contributed by atoms with Gasteiger partial charge in [-0.25, -0.2) is 4.98 Å². The highest BCUT2D eigenvalue weighted by molar-refractivity contribution is 5.79. The fourth-order valence-corrected chi connectivity index (χ4v) is 1.21. The SMILES string of the molecule is Cc1cc(C(O)C(O)C(N)=O)cnc1C#N. The Bertz CT molecular complexity index is 453. The van der Waals surface area contributed by atoms with Gasteiger partial charge in [0.2, 0.25) is 5.91 Å². The van der Waals surface area contributed by atoms with Crippen LogP contribution in [0.25, 0.3) is 0 Å². The highest BCUT2D eigenvalue weighted by atomic mass is 16.3. The van der Waals surface area contributed by atoms with E-state index in [4.69, 9.17) is 11.0 Å². The number of primary amides is 1. The molecule has 16 heavy (non-hydrogen) atoms. The summed E-state index contributed by atoms with van der Waals surface area (Å²) >= 11 is 0. The molecule has 1 heterocycles. The molecule has 2 unspecified atom stereocenters. The van der Waals surface area contributed by atoms with Gasteiger partial charge in [0.25, 0.3) is 0 Å². The second-order valence-electron chi connectivity index (χ2n) is 3.34. The van der Waals surface area contributed by atoms with Crippen molar-refractivity contribution in [2.24, 2.45) is 5.73 Å². The van der Waals surface area contributed by atoms with Crippen molar-refractivity contribution in [3.8, 4) is 6.07 Å². The normalized spacial score (nSPS) is 13.9. The summed E-state index contributed by atoms with van der Waals surface area (Å²) in [6, 6.07) is 3.34. The van der Waals surface area contributed by atoms with Crippen LogP contribution < -0.4 is 5.73 Å². The lowest BCUT2D eigenvalue weighted by Gasteiger charge is -2.15. The maximum atomic E-state index is 10.7. The van der Waals surface area contributed by atoms with Gasteiger partial charge in [0.05, 0.1) is 0 Å². The number of aromatic nitrogens is 1. The quantitative estimate of drug-likeness (QED) is 0.613. The Morgan fingerprint density at radius 1 is 1.62 bits per heavy atom. The molecule has 0 fully saturated rings. The number of pyridine rings is 1.